The Hall–Kier alpha value is -1.49. The van der Waals surface area contributed by atoms with Crippen LogP contribution >= 0.6 is 12.2 Å². The van der Waals surface area contributed by atoms with Gasteiger partial charge in [-0.1, -0.05) is 6.07 Å². The lowest BCUT2D eigenvalue weighted by atomic mass is 10.4. The van der Waals surface area contributed by atoms with Crippen molar-refractivity contribution < 1.29 is 4.79 Å². The van der Waals surface area contributed by atoms with Crippen LogP contribution in [0.1, 0.15) is 6.92 Å². The van der Waals surface area contributed by atoms with Crippen LogP contribution in [0.2, 0.25) is 0 Å². The predicted octanol–water partition coefficient (Wildman–Crippen LogP) is 1.04. The van der Waals surface area contributed by atoms with Gasteiger partial charge >= 0.3 is 0 Å². The zero-order valence-corrected chi connectivity index (χ0v) is 9.20. The maximum absolute atomic E-state index is 11.6. The van der Waals surface area contributed by atoms with E-state index >= 15 is 0 Å². The van der Waals surface area contributed by atoms with Crippen LogP contribution in [0.3, 0.4) is 0 Å². The summed E-state index contributed by atoms with van der Waals surface area (Å²) in [6, 6.07) is 5.56. The van der Waals surface area contributed by atoms with E-state index in [-0.39, 0.29) is 5.91 Å². The molecular formula is C10H11N3OS. The monoisotopic (exact) mass is 221 g/mol. The molecule has 1 aliphatic heterocycles. The molecular weight excluding hydrogens is 210 g/mol. The molecule has 4 nitrogen and oxygen atoms in total. The van der Waals surface area contributed by atoms with Gasteiger partial charge in [-0.15, -0.1) is 0 Å². The maximum atomic E-state index is 11.6. The second kappa shape index (κ2) is 3.94. The number of pyridine rings is 1. The Kier molecular flexibility index (Phi) is 2.64. The second-order valence-electron chi connectivity index (χ2n) is 3.19. The minimum absolute atomic E-state index is 0.0353. The second-order valence-corrected chi connectivity index (χ2v) is 3.56. The molecule has 0 bridgehead atoms. The third-order valence-electron chi connectivity index (χ3n) is 2.30. The molecule has 0 spiro atoms. The molecule has 0 N–H and O–H groups in total. The number of rotatable bonds is 2. The normalized spacial score (nSPS) is 16.3. The topological polar surface area (TPSA) is 36.4 Å². The number of hydrogen-bond donors (Lipinski definition) is 0. The van der Waals surface area contributed by atoms with Crippen molar-refractivity contribution in [2.45, 2.75) is 6.92 Å². The number of likely N-dealkylation sites (N-methyl/N-ethyl adjacent to an activating group) is 1. The van der Waals surface area contributed by atoms with Crippen molar-refractivity contribution in [3.05, 3.63) is 24.4 Å². The highest BCUT2D eigenvalue weighted by Crippen LogP contribution is 2.17. The number of hydrogen-bond acceptors (Lipinski definition) is 3. The molecule has 2 heterocycles. The zero-order chi connectivity index (χ0) is 10.8. The van der Waals surface area contributed by atoms with Gasteiger partial charge < -0.3 is 0 Å². The summed E-state index contributed by atoms with van der Waals surface area (Å²) in [5.41, 5.74) is 0. The van der Waals surface area contributed by atoms with Crippen LogP contribution in [0.15, 0.2) is 24.4 Å². The smallest absolute Gasteiger partial charge is 0.248 e. The predicted molar refractivity (Wildman–Crippen MR) is 61.6 cm³/mol. The van der Waals surface area contributed by atoms with Gasteiger partial charge in [0.15, 0.2) is 5.11 Å². The molecule has 1 amide bonds. The largest absolute Gasteiger partial charge is 0.293 e. The van der Waals surface area contributed by atoms with Crippen molar-refractivity contribution in [3.8, 4) is 0 Å². The highest BCUT2D eigenvalue weighted by atomic mass is 32.1. The van der Waals surface area contributed by atoms with Crippen molar-refractivity contribution in [2.75, 3.05) is 18.0 Å². The molecule has 5 heteroatoms. The number of anilines is 1. The fourth-order valence-corrected chi connectivity index (χ4v) is 1.93. The minimum Gasteiger partial charge on any atom is -0.293 e. The number of nitrogens with zero attached hydrogens (tertiary/aromatic N) is 3. The van der Waals surface area contributed by atoms with Crippen LogP contribution in [0.5, 0.6) is 0 Å². The lowest BCUT2D eigenvalue weighted by molar-refractivity contribution is -0.124. The molecule has 2 rings (SSSR count). The number of amides is 1. The van der Waals surface area contributed by atoms with Gasteiger partial charge in [0.1, 0.15) is 12.4 Å². The number of aromatic nitrogens is 1. The van der Waals surface area contributed by atoms with Crippen LogP contribution in [-0.4, -0.2) is 34.0 Å². The van der Waals surface area contributed by atoms with Crippen LogP contribution in [0.4, 0.5) is 5.82 Å². The third-order valence-corrected chi connectivity index (χ3v) is 2.74. The molecule has 1 aromatic heterocycles. The van der Waals surface area contributed by atoms with E-state index in [1.165, 1.54) is 0 Å². The molecule has 0 radical (unpaired) electrons. The SMILES string of the molecule is CCN1C(=O)CN(c2ccccn2)C1=S. The lowest BCUT2D eigenvalue weighted by Gasteiger charge is -2.17. The Labute approximate surface area is 93.5 Å². The van der Waals surface area contributed by atoms with Crippen LogP contribution in [0.25, 0.3) is 0 Å². The van der Waals surface area contributed by atoms with Gasteiger partial charge in [-0.05, 0) is 31.3 Å². The fraction of sp³-hybridized carbons (Fsp3) is 0.300. The summed E-state index contributed by atoms with van der Waals surface area (Å²) in [4.78, 5) is 19.1. The molecule has 0 saturated carbocycles. The van der Waals surface area contributed by atoms with Gasteiger partial charge in [0.25, 0.3) is 0 Å². The van der Waals surface area contributed by atoms with Crippen molar-refractivity contribution in [2.24, 2.45) is 0 Å². The average molecular weight is 221 g/mol. The summed E-state index contributed by atoms with van der Waals surface area (Å²) in [6.45, 7) is 2.82. The zero-order valence-electron chi connectivity index (χ0n) is 8.38. The quantitative estimate of drug-likeness (QED) is 0.699. The van der Waals surface area contributed by atoms with E-state index in [1.807, 2.05) is 25.1 Å². The van der Waals surface area contributed by atoms with Crippen molar-refractivity contribution in [1.82, 2.24) is 9.88 Å². The van der Waals surface area contributed by atoms with Gasteiger partial charge in [0.2, 0.25) is 5.91 Å². The highest BCUT2D eigenvalue weighted by molar-refractivity contribution is 7.80. The van der Waals surface area contributed by atoms with E-state index in [1.54, 1.807) is 16.0 Å². The standard InChI is InChI=1S/C10H11N3OS/c1-2-12-9(14)7-13(10(12)15)8-5-3-4-6-11-8/h3-6H,2,7H2,1H3. The van der Waals surface area contributed by atoms with E-state index in [2.05, 4.69) is 4.98 Å². The maximum Gasteiger partial charge on any atom is 0.248 e. The number of thiocarbonyl (C=S) groups is 1. The number of carbonyl (C=O) groups is 1. The summed E-state index contributed by atoms with van der Waals surface area (Å²) < 4.78 is 0. The molecule has 0 aliphatic carbocycles. The van der Waals surface area contributed by atoms with Crippen molar-refractivity contribution >= 4 is 29.1 Å². The Morgan fingerprint density at radius 1 is 1.53 bits per heavy atom. The van der Waals surface area contributed by atoms with E-state index < -0.39 is 0 Å². The molecule has 78 valence electrons. The molecule has 1 aromatic rings. The van der Waals surface area contributed by atoms with Gasteiger partial charge in [-0.25, -0.2) is 4.98 Å². The summed E-state index contributed by atoms with van der Waals surface area (Å²) in [5, 5.41) is 0.543. The first-order chi connectivity index (χ1) is 7.24. The number of carbonyl (C=O) groups excluding carboxylic acids is 1. The molecule has 1 fully saturated rings. The molecule has 0 unspecified atom stereocenters. The van der Waals surface area contributed by atoms with Crippen molar-refractivity contribution in [3.63, 3.8) is 0 Å². The van der Waals surface area contributed by atoms with E-state index in [4.69, 9.17) is 12.2 Å². The summed E-state index contributed by atoms with van der Waals surface area (Å²) in [5.74, 6) is 0.764. The first kappa shape index (κ1) is 10.0. The van der Waals surface area contributed by atoms with E-state index in [0.29, 0.717) is 18.2 Å². The molecule has 0 aromatic carbocycles. The Morgan fingerprint density at radius 2 is 2.33 bits per heavy atom. The molecule has 15 heavy (non-hydrogen) atoms. The third kappa shape index (κ3) is 1.70. The van der Waals surface area contributed by atoms with Crippen LogP contribution in [-0.2, 0) is 4.79 Å². The van der Waals surface area contributed by atoms with Gasteiger partial charge in [-0.2, -0.15) is 0 Å². The fourth-order valence-electron chi connectivity index (χ4n) is 1.54. The van der Waals surface area contributed by atoms with Crippen LogP contribution < -0.4 is 4.90 Å². The van der Waals surface area contributed by atoms with Gasteiger partial charge in [0, 0.05) is 12.7 Å². The van der Waals surface area contributed by atoms with E-state index in [0.717, 1.165) is 5.82 Å². The van der Waals surface area contributed by atoms with Crippen LogP contribution in [0, 0.1) is 0 Å². The summed E-state index contributed by atoms with van der Waals surface area (Å²) >= 11 is 5.21. The van der Waals surface area contributed by atoms with Crippen molar-refractivity contribution in [1.29, 1.82) is 0 Å². The highest BCUT2D eigenvalue weighted by Gasteiger charge is 2.32. The Balaban J connectivity index is 2.27. The Morgan fingerprint density at radius 3 is 2.87 bits per heavy atom. The molecule has 1 aliphatic rings. The minimum atomic E-state index is 0.0353. The van der Waals surface area contributed by atoms with Gasteiger partial charge in [0.05, 0.1) is 0 Å². The Bertz CT molecular complexity index is 393. The average Bonchev–Trinajstić information content (AvgIpc) is 2.55. The summed E-state index contributed by atoms with van der Waals surface area (Å²) in [7, 11) is 0. The van der Waals surface area contributed by atoms with Gasteiger partial charge in [-0.3, -0.25) is 14.6 Å². The molecule has 1 saturated heterocycles. The lowest BCUT2D eigenvalue weighted by Crippen LogP contribution is -2.32. The van der Waals surface area contributed by atoms with E-state index in [9.17, 15) is 4.79 Å². The first-order valence-electron chi connectivity index (χ1n) is 4.77. The first-order valence-corrected chi connectivity index (χ1v) is 5.17. The summed E-state index contributed by atoms with van der Waals surface area (Å²) in [6.07, 6.45) is 1.69. The molecule has 0 atom stereocenters.